The first kappa shape index (κ1) is 16.6. The number of para-hydroxylation sites is 1. The van der Waals surface area contributed by atoms with Gasteiger partial charge in [0.15, 0.2) is 0 Å². The maximum absolute atomic E-state index is 9.86. The number of aryl methyl sites for hydroxylation is 1. The third-order valence-electron chi connectivity index (χ3n) is 3.91. The quantitative estimate of drug-likeness (QED) is 0.658. The molecule has 118 valence electrons. The van der Waals surface area contributed by atoms with Crippen molar-refractivity contribution in [2.75, 3.05) is 5.32 Å². The zero-order valence-electron chi connectivity index (χ0n) is 13.5. The molecule has 1 atom stereocenters. The van der Waals surface area contributed by atoms with Crippen molar-refractivity contribution < 1.29 is 5.11 Å². The second-order valence-electron chi connectivity index (χ2n) is 5.88. The molecule has 2 aromatic rings. The van der Waals surface area contributed by atoms with Crippen molar-refractivity contribution in [1.82, 2.24) is 0 Å². The van der Waals surface area contributed by atoms with E-state index < -0.39 is 0 Å². The molecular weight excluding hydrogens is 270 g/mol. The SMILES string of the molecule is CCCCC(O)CCCc1ccc(Nc2ccccc2)cc1. The number of nitrogens with one attached hydrogen (secondary N) is 1. The van der Waals surface area contributed by atoms with Gasteiger partial charge in [-0.15, -0.1) is 0 Å². The van der Waals surface area contributed by atoms with Gasteiger partial charge < -0.3 is 10.4 Å². The van der Waals surface area contributed by atoms with Crippen LogP contribution in [0, 0.1) is 0 Å². The minimum Gasteiger partial charge on any atom is -0.393 e. The lowest BCUT2D eigenvalue weighted by molar-refractivity contribution is 0.149. The van der Waals surface area contributed by atoms with E-state index >= 15 is 0 Å². The van der Waals surface area contributed by atoms with Crippen LogP contribution >= 0.6 is 0 Å². The Morgan fingerprint density at radius 1 is 0.864 bits per heavy atom. The van der Waals surface area contributed by atoms with Gasteiger partial charge in [0.25, 0.3) is 0 Å². The normalized spacial score (nSPS) is 12.1. The molecule has 2 N–H and O–H groups in total. The monoisotopic (exact) mass is 297 g/mol. The standard InChI is InChI=1S/C20H27NO/c1-2-3-11-20(22)12-7-8-17-13-15-19(16-14-17)21-18-9-5-4-6-10-18/h4-6,9-10,13-16,20-22H,2-3,7-8,11-12H2,1H3. The van der Waals surface area contributed by atoms with Crippen LogP contribution in [0.15, 0.2) is 54.6 Å². The largest absolute Gasteiger partial charge is 0.393 e. The summed E-state index contributed by atoms with van der Waals surface area (Å²) >= 11 is 0. The van der Waals surface area contributed by atoms with Gasteiger partial charge in [0, 0.05) is 11.4 Å². The summed E-state index contributed by atoms with van der Waals surface area (Å²) in [5.74, 6) is 0. The van der Waals surface area contributed by atoms with Gasteiger partial charge in [-0.05, 0) is 55.5 Å². The van der Waals surface area contributed by atoms with Crippen LogP contribution in [0.1, 0.15) is 44.6 Å². The Kier molecular flexibility index (Phi) is 6.98. The number of anilines is 2. The molecule has 0 fully saturated rings. The summed E-state index contributed by atoms with van der Waals surface area (Å²) in [6.45, 7) is 2.16. The molecule has 2 nitrogen and oxygen atoms in total. The highest BCUT2D eigenvalue weighted by Gasteiger charge is 2.03. The van der Waals surface area contributed by atoms with Gasteiger partial charge in [-0.1, -0.05) is 50.1 Å². The number of unbranched alkanes of at least 4 members (excludes halogenated alkanes) is 1. The molecule has 0 aliphatic heterocycles. The van der Waals surface area contributed by atoms with Crippen molar-refractivity contribution in [3.8, 4) is 0 Å². The fraction of sp³-hybridized carbons (Fsp3) is 0.400. The third-order valence-corrected chi connectivity index (χ3v) is 3.91. The first-order valence-corrected chi connectivity index (χ1v) is 8.37. The van der Waals surface area contributed by atoms with E-state index in [2.05, 4.69) is 48.6 Å². The van der Waals surface area contributed by atoms with Crippen molar-refractivity contribution in [1.29, 1.82) is 0 Å². The summed E-state index contributed by atoms with van der Waals surface area (Å²) in [4.78, 5) is 0. The zero-order chi connectivity index (χ0) is 15.6. The molecule has 1 unspecified atom stereocenters. The molecule has 0 amide bonds. The maximum atomic E-state index is 9.86. The number of benzene rings is 2. The average molecular weight is 297 g/mol. The lowest BCUT2D eigenvalue weighted by atomic mass is 10.0. The molecule has 0 bridgehead atoms. The van der Waals surface area contributed by atoms with Gasteiger partial charge in [0.2, 0.25) is 0 Å². The van der Waals surface area contributed by atoms with E-state index in [9.17, 15) is 5.11 Å². The summed E-state index contributed by atoms with van der Waals surface area (Å²) in [7, 11) is 0. The molecule has 0 saturated heterocycles. The Bertz CT molecular complexity index is 521. The molecule has 0 aliphatic carbocycles. The molecule has 0 saturated carbocycles. The first-order valence-electron chi connectivity index (χ1n) is 8.37. The Morgan fingerprint density at radius 2 is 1.50 bits per heavy atom. The number of hydrogen-bond acceptors (Lipinski definition) is 2. The fourth-order valence-electron chi connectivity index (χ4n) is 2.57. The molecule has 0 aliphatic rings. The summed E-state index contributed by atoms with van der Waals surface area (Å²) in [5, 5.41) is 13.2. The third kappa shape index (κ3) is 5.90. The molecule has 2 rings (SSSR count). The second kappa shape index (κ2) is 9.26. The van der Waals surface area contributed by atoms with E-state index in [1.165, 1.54) is 5.56 Å². The lowest BCUT2D eigenvalue weighted by Gasteiger charge is -2.10. The highest BCUT2D eigenvalue weighted by molar-refractivity contribution is 5.59. The highest BCUT2D eigenvalue weighted by Crippen LogP contribution is 2.18. The molecule has 0 aromatic heterocycles. The van der Waals surface area contributed by atoms with Crippen LogP contribution in [0.2, 0.25) is 0 Å². The Morgan fingerprint density at radius 3 is 2.18 bits per heavy atom. The van der Waals surface area contributed by atoms with Crippen LogP contribution in [0.25, 0.3) is 0 Å². The van der Waals surface area contributed by atoms with E-state index in [4.69, 9.17) is 0 Å². The van der Waals surface area contributed by atoms with E-state index in [1.807, 2.05) is 18.2 Å². The Balaban J connectivity index is 1.75. The Hall–Kier alpha value is -1.80. The maximum Gasteiger partial charge on any atom is 0.0540 e. The van der Waals surface area contributed by atoms with Crippen LogP contribution in [0.5, 0.6) is 0 Å². The van der Waals surface area contributed by atoms with Gasteiger partial charge in [-0.3, -0.25) is 0 Å². The summed E-state index contributed by atoms with van der Waals surface area (Å²) in [6, 6.07) is 18.8. The van der Waals surface area contributed by atoms with E-state index in [1.54, 1.807) is 0 Å². The van der Waals surface area contributed by atoms with Crippen molar-refractivity contribution in [3.63, 3.8) is 0 Å². The van der Waals surface area contributed by atoms with E-state index in [0.29, 0.717) is 0 Å². The van der Waals surface area contributed by atoms with Gasteiger partial charge in [0.1, 0.15) is 0 Å². The predicted octanol–water partition coefficient (Wildman–Crippen LogP) is 5.30. The second-order valence-corrected chi connectivity index (χ2v) is 5.88. The molecule has 0 heterocycles. The Labute approximate surface area is 134 Å². The van der Waals surface area contributed by atoms with Crippen LogP contribution in [-0.4, -0.2) is 11.2 Å². The van der Waals surface area contributed by atoms with Crippen molar-refractivity contribution in [3.05, 3.63) is 60.2 Å². The average Bonchev–Trinajstić information content (AvgIpc) is 2.55. The van der Waals surface area contributed by atoms with Gasteiger partial charge in [0.05, 0.1) is 6.10 Å². The van der Waals surface area contributed by atoms with Crippen LogP contribution < -0.4 is 5.32 Å². The number of aliphatic hydroxyl groups excluding tert-OH is 1. The van der Waals surface area contributed by atoms with Crippen molar-refractivity contribution in [2.45, 2.75) is 51.6 Å². The van der Waals surface area contributed by atoms with E-state index in [-0.39, 0.29) is 6.10 Å². The van der Waals surface area contributed by atoms with Crippen LogP contribution in [-0.2, 0) is 6.42 Å². The molecular formula is C20H27NO. The number of hydrogen-bond donors (Lipinski definition) is 2. The minimum absolute atomic E-state index is 0.126. The molecule has 2 aromatic carbocycles. The molecule has 2 heteroatoms. The fourth-order valence-corrected chi connectivity index (χ4v) is 2.57. The molecule has 22 heavy (non-hydrogen) atoms. The van der Waals surface area contributed by atoms with Gasteiger partial charge >= 0.3 is 0 Å². The van der Waals surface area contributed by atoms with Crippen LogP contribution in [0.4, 0.5) is 11.4 Å². The zero-order valence-corrected chi connectivity index (χ0v) is 13.5. The smallest absolute Gasteiger partial charge is 0.0540 e. The highest BCUT2D eigenvalue weighted by atomic mass is 16.3. The lowest BCUT2D eigenvalue weighted by Crippen LogP contribution is -2.06. The molecule has 0 radical (unpaired) electrons. The summed E-state index contributed by atoms with van der Waals surface area (Å²) in [6.07, 6.45) is 6.10. The summed E-state index contributed by atoms with van der Waals surface area (Å²) < 4.78 is 0. The topological polar surface area (TPSA) is 32.3 Å². The first-order chi connectivity index (χ1) is 10.8. The van der Waals surface area contributed by atoms with Gasteiger partial charge in [-0.25, -0.2) is 0 Å². The van der Waals surface area contributed by atoms with Crippen LogP contribution in [0.3, 0.4) is 0 Å². The van der Waals surface area contributed by atoms with Gasteiger partial charge in [-0.2, -0.15) is 0 Å². The predicted molar refractivity (Wildman–Crippen MR) is 94.6 cm³/mol. The number of aliphatic hydroxyl groups is 1. The minimum atomic E-state index is -0.126. The van der Waals surface area contributed by atoms with Crippen molar-refractivity contribution in [2.24, 2.45) is 0 Å². The number of rotatable bonds is 9. The summed E-state index contributed by atoms with van der Waals surface area (Å²) in [5.41, 5.74) is 3.55. The van der Waals surface area contributed by atoms with Crippen molar-refractivity contribution >= 4 is 11.4 Å². The molecule has 0 spiro atoms. The van der Waals surface area contributed by atoms with E-state index in [0.717, 1.165) is 49.9 Å².